The Kier molecular flexibility index (Phi) is 6.90. The fourth-order valence-electron chi connectivity index (χ4n) is 5.32. The van der Waals surface area contributed by atoms with E-state index in [1.165, 1.54) is 16.7 Å². The van der Waals surface area contributed by atoms with Gasteiger partial charge < -0.3 is 0 Å². The van der Waals surface area contributed by atoms with E-state index in [0.717, 1.165) is 48.5 Å². The molecule has 3 nitrogen and oxygen atoms in total. The number of hydrogen-bond donors (Lipinski definition) is 0. The molecule has 1 saturated heterocycles. The van der Waals surface area contributed by atoms with Gasteiger partial charge in [-0.3, -0.25) is 14.3 Å². The summed E-state index contributed by atoms with van der Waals surface area (Å²) in [6, 6.07) is 16.3. The lowest BCUT2D eigenvalue weighted by Crippen LogP contribution is -2.45. The summed E-state index contributed by atoms with van der Waals surface area (Å²) in [5, 5.41) is 1.42. The maximum absolute atomic E-state index is 14.3. The van der Waals surface area contributed by atoms with Crippen LogP contribution in [-0.4, -0.2) is 28.1 Å². The van der Waals surface area contributed by atoms with Gasteiger partial charge in [-0.25, -0.2) is 8.78 Å². The number of halogens is 4. The lowest BCUT2D eigenvalue weighted by Gasteiger charge is -2.41. The minimum atomic E-state index is -0.919. The third-order valence-electron chi connectivity index (χ3n) is 7.34. The average Bonchev–Trinajstić information content (AvgIpc) is 2.85. The number of benzene rings is 3. The van der Waals surface area contributed by atoms with E-state index in [9.17, 15) is 13.6 Å². The molecule has 37 heavy (non-hydrogen) atoms. The number of aromatic nitrogens is 1. The maximum Gasteiger partial charge on any atom is 0.255 e. The van der Waals surface area contributed by atoms with Crippen molar-refractivity contribution in [1.29, 1.82) is 0 Å². The molecule has 5 rings (SSSR count). The van der Waals surface area contributed by atoms with Gasteiger partial charge >= 0.3 is 0 Å². The van der Waals surface area contributed by atoms with Crippen LogP contribution in [0, 0.1) is 11.6 Å². The van der Waals surface area contributed by atoms with Gasteiger partial charge in [-0.15, -0.1) is 0 Å². The summed E-state index contributed by atoms with van der Waals surface area (Å²) in [7, 11) is 0. The van der Waals surface area contributed by atoms with Crippen molar-refractivity contribution in [3.05, 3.63) is 98.3 Å². The third kappa shape index (κ3) is 4.93. The molecule has 1 aromatic heterocycles. The van der Waals surface area contributed by atoms with Gasteiger partial charge in [-0.05, 0) is 106 Å². The van der Waals surface area contributed by atoms with Crippen molar-refractivity contribution in [3.63, 3.8) is 0 Å². The van der Waals surface area contributed by atoms with Gasteiger partial charge in [0.25, 0.3) is 5.56 Å². The fraction of sp³-hybridized carbons (Fsp3) is 0.300. The van der Waals surface area contributed by atoms with Crippen molar-refractivity contribution in [2.24, 2.45) is 0 Å². The minimum Gasteiger partial charge on any atom is -0.298 e. The summed E-state index contributed by atoms with van der Waals surface area (Å²) in [6.45, 7) is 8.55. The zero-order valence-corrected chi connectivity index (χ0v) is 22.5. The molecule has 1 fully saturated rings. The van der Waals surface area contributed by atoms with E-state index < -0.39 is 11.6 Å². The molecule has 2 heterocycles. The first-order chi connectivity index (χ1) is 17.5. The number of nitrogens with zero attached hydrogens (tertiary/aromatic N) is 2. The van der Waals surface area contributed by atoms with Crippen molar-refractivity contribution < 1.29 is 8.78 Å². The molecule has 0 spiro atoms. The Labute approximate surface area is 225 Å². The normalized spacial score (nSPS) is 15.4. The van der Waals surface area contributed by atoms with Gasteiger partial charge in [0, 0.05) is 17.0 Å². The Balaban J connectivity index is 1.76. The van der Waals surface area contributed by atoms with Crippen LogP contribution in [-0.2, 0) is 0 Å². The van der Waals surface area contributed by atoms with E-state index in [1.54, 1.807) is 30.3 Å². The minimum absolute atomic E-state index is 0.0897. The summed E-state index contributed by atoms with van der Waals surface area (Å²) in [5.41, 5.74) is 3.14. The Morgan fingerprint density at radius 3 is 2.16 bits per heavy atom. The number of fused-ring (bicyclic) bond motifs is 1. The topological polar surface area (TPSA) is 25.2 Å². The van der Waals surface area contributed by atoms with E-state index in [4.69, 9.17) is 23.2 Å². The number of likely N-dealkylation sites (tertiary alicyclic amines) is 1. The smallest absolute Gasteiger partial charge is 0.255 e. The standard InChI is InChI=1S/C30H28Cl2F2N2O/c1-30(2,3)35-13-11-18(12-14-35)20-15-22(19-7-9-25(33)26(34)16-19)21-8-10-28(37)36(27(21)17-20)29-23(31)5-4-6-24(29)32/h4-10,15-18H,11-14H2,1-3H3. The first-order valence-corrected chi connectivity index (χ1v) is 13.1. The highest BCUT2D eigenvalue weighted by molar-refractivity contribution is 6.37. The molecule has 4 aromatic rings. The van der Waals surface area contributed by atoms with Crippen LogP contribution in [0.3, 0.4) is 0 Å². The van der Waals surface area contributed by atoms with Crippen molar-refractivity contribution >= 4 is 34.1 Å². The highest BCUT2D eigenvalue weighted by atomic mass is 35.5. The van der Waals surface area contributed by atoms with Crippen LogP contribution < -0.4 is 5.56 Å². The van der Waals surface area contributed by atoms with Gasteiger partial charge in [0.1, 0.15) is 0 Å². The molecule has 3 aromatic carbocycles. The number of hydrogen-bond acceptors (Lipinski definition) is 2. The molecule has 0 bridgehead atoms. The summed E-state index contributed by atoms with van der Waals surface area (Å²) in [6.07, 6.45) is 1.90. The summed E-state index contributed by atoms with van der Waals surface area (Å²) in [5.74, 6) is -1.58. The largest absolute Gasteiger partial charge is 0.298 e. The molecule has 0 saturated carbocycles. The van der Waals surface area contributed by atoms with E-state index in [0.29, 0.717) is 26.8 Å². The molecule has 7 heteroatoms. The Hall–Kier alpha value is -2.73. The number of rotatable bonds is 3. The van der Waals surface area contributed by atoms with Gasteiger partial charge in [0.2, 0.25) is 0 Å². The van der Waals surface area contributed by atoms with Gasteiger partial charge in [0.15, 0.2) is 11.6 Å². The van der Waals surface area contributed by atoms with Crippen LogP contribution in [0.4, 0.5) is 8.78 Å². The van der Waals surface area contributed by atoms with Crippen molar-refractivity contribution in [3.8, 4) is 16.8 Å². The van der Waals surface area contributed by atoms with Crippen LogP contribution in [0.15, 0.2) is 65.5 Å². The summed E-state index contributed by atoms with van der Waals surface area (Å²) in [4.78, 5) is 15.7. The lowest BCUT2D eigenvalue weighted by atomic mass is 9.85. The number of para-hydroxylation sites is 1. The Bertz CT molecular complexity index is 1530. The fourth-order valence-corrected chi connectivity index (χ4v) is 5.89. The predicted octanol–water partition coefficient (Wildman–Crippen LogP) is 8.22. The average molecular weight is 541 g/mol. The van der Waals surface area contributed by atoms with Crippen molar-refractivity contribution in [1.82, 2.24) is 9.47 Å². The SMILES string of the molecule is CC(C)(C)N1CCC(c2cc(-c3ccc(F)c(F)c3)c3ccc(=O)n(-c4c(Cl)cccc4Cl)c3c2)CC1. The second kappa shape index (κ2) is 9.86. The molecule has 0 aliphatic carbocycles. The Morgan fingerprint density at radius 2 is 1.54 bits per heavy atom. The molecular weight excluding hydrogens is 513 g/mol. The third-order valence-corrected chi connectivity index (χ3v) is 7.95. The number of pyridine rings is 1. The molecule has 0 radical (unpaired) electrons. The second-order valence-corrected chi connectivity index (χ2v) is 11.5. The van der Waals surface area contributed by atoms with E-state index in [-0.39, 0.29) is 17.0 Å². The summed E-state index contributed by atoms with van der Waals surface area (Å²) >= 11 is 13.1. The van der Waals surface area contributed by atoms with Crippen molar-refractivity contribution in [2.75, 3.05) is 13.1 Å². The summed E-state index contributed by atoms with van der Waals surface area (Å²) < 4.78 is 29.6. The van der Waals surface area contributed by atoms with Crippen molar-refractivity contribution in [2.45, 2.75) is 45.1 Å². The molecular formula is C30H28Cl2F2N2O. The molecule has 0 amide bonds. The second-order valence-electron chi connectivity index (χ2n) is 10.6. The van der Waals surface area contributed by atoms with Gasteiger partial charge in [-0.2, -0.15) is 0 Å². The van der Waals surface area contributed by atoms with Crippen LogP contribution >= 0.6 is 23.2 Å². The molecule has 0 atom stereocenters. The quantitative estimate of drug-likeness (QED) is 0.261. The maximum atomic E-state index is 14.3. The van der Waals surface area contributed by atoms with Crippen LogP contribution in [0.1, 0.15) is 45.1 Å². The van der Waals surface area contributed by atoms with Gasteiger partial charge in [-0.1, -0.05) is 41.4 Å². The highest BCUT2D eigenvalue weighted by Gasteiger charge is 2.28. The van der Waals surface area contributed by atoms with Crippen LogP contribution in [0.2, 0.25) is 10.0 Å². The van der Waals surface area contributed by atoms with E-state index >= 15 is 0 Å². The van der Waals surface area contributed by atoms with E-state index in [2.05, 4.69) is 31.7 Å². The first kappa shape index (κ1) is 25.9. The Morgan fingerprint density at radius 1 is 0.865 bits per heavy atom. The number of piperidine rings is 1. The zero-order valence-electron chi connectivity index (χ0n) is 21.0. The molecule has 1 aliphatic rings. The molecule has 1 aliphatic heterocycles. The lowest BCUT2D eigenvalue weighted by molar-refractivity contribution is 0.102. The molecule has 0 N–H and O–H groups in total. The highest BCUT2D eigenvalue weighted by Crippen LogP contribution is 2.39. The first-order valence-electron chi connectivity index (χ1n) is 12.4. The van der Waals surface area contributed by atoms with Gasteiger partial charge in [0.05, 0.1) is 21.2 Å². The monoisotopic (exact) mass is 540 g/mol. The molecule has 0 unspecified atom stereocenters. The van der Waals surface area contributed by atoms with E-state index in [1.807, 2.05) is 6.07 Å². The zero-order chi connectivity index (χ0) is 26.5. The molecule has 192 valence electrons. The predicted molar refractivity (Wildman–Crippen MR) is 148 cm³/mol. The van der Waals surface area contributed by atoms with Crippen LogP contribution in [0.25, 0.3) is 27.7 Å². The van der Waals surface area contributed by atoms with Crippen LogP contribution in [0.5, 0.6) is 0 Å².